The van der Waals surface area contributed by atoms with Gasteiger partial charge in [-0.2, -0.15) is 0 Å². The van der Waals surface area contributed by atoms with Crippen molar-refractivity contribution in [3.8, 4) is 44.5 Å². The van der Waals surface area contributed by atoms with E-state index in [1.165, 1.54) is 16.7 Å². The molecule has 0 saturated carbocycles. The lowest BCUT2D eigenvalue weighted by atomic mass is 10.0. The van der Waals surface area contributed by atoms with Gasteiger partial charge in [0.15, 0.2) is 0 Å². The van der Waals surface area contributed by atoms with Crippen LogP contribution in [0.4, 0.5) is 0 Å². The lowest BCUT2D eigenvalue weighted by molar-refractivity contribution is 1.27. The number of aryl methyl sites for hydroxylation is 3. The van der Waals surface area contributed by atoms with Crippen LogP contribution < -0.4 is 0 Å². The van der Waals surface area contributed by atoms with E-state index in [0.29, 0.717) is 0 Å². The third kappa shape index (κ3) is 5.94. The molecule has 254 valence electrons. The van der Waals surface area contributed by atoms with E-state index in [-0.39, 0.29) is 0 Å². The summed E-state index contributed by atoms with van der Waals surface area (Å²) in [5.74, 6) is 0. The molecule has 4 heteroatoms. The van der Waals surface area contributed by atoms with Crippen LogP contribution in [-0.2, 0) is 0 Å². The Balaban J connectivity index is 1.46. The van der Waals surface area contributed by atoms with Gasteiger partial charge in [0, 0.05) is 44.3 Å². The zero-order valence-corrected chi connectivity index (χ0v) is 30.0. The number of hydrogen-bond donors (Lipinski definition) is 2. The highest BCUT2D eigenvalue weighted by molar-refractivity contribution is 6.00. The van der Waals surface area contributed by atoms with E-state index in [9.17, 15) is 0 Å². The molecular weight excluding hydrogens is 645 g/mol. The molecule has 53 heavy (non-hydrogen) atoms. The Bertz CT molecular complexity index is 2630. The second-order valence-corrected chi connectivity index (χ2v) is 13.9. The number of aromatic amines is 2. The average Bonchev–Trinajstić information content (AvgIpc) is 4.02. The minimum absolute atomic E-state index is 0.880. The van der Waals surface area contributed by atoms with E-state index in [1.54, 1.807) is 0 Å². The Morgan fingerprint density at radius 1 is 0.377 bits per heavy atom. The maximum atomic E-state index is 5.40. The normalized spacial score (nSPS) is 12.0. The second-order valence-electron chi connectivity index (χ2n) is 13.9. The molecule has 0 unspecified atom stereocenters. The molecule has 0 radical (unpaired) electrons. The average molecular weight is 683 g/mol. The van der Waals surface area contributed by atoms with Crippen LogP contribution in [0.15, 0.2) is 128 Å². The van der Waals surface area contributed by atoms with Gasteiger partial charge in [-0.3, -0.25) is 0 Å². The van der Waals surface area contributed by atoms with Gasteiger partial charge < -0.3 is 9.97 Å². The first-order chi connectivity index (χ1) is 25.9. The fourth-order valence-electron chi connectivity index (χ4n) is 7.37. The summed E-state index contributed by atoms with van der Waals surface area (Å²) < 4.78 is 0. The number of aromatic nitrogens is 4. The molecule has 4 nitrogen and oxygen atoms in total. The monoisotopic (exact) mass is 682 g/mol. The molecule has 4 aromatic carbocycles. The van der Waals surface area contributed by atoms with Gasteiger partial charge in [0.05, 0.1) is 22.8 Å². The molecule has 2 aliphatic heterocycles. The minimum Gasteiger partial charge on any atom is -0.354 e. The van der Waals surface area contributed by atoms with Gasteiger partial charge in [-0.25, -0.2) is 9.97 Å². The van der Waals surface area contributed by atoms with E-state index in [4.69, 9.17) is 9.97 Å². The number of rotatable bonds is 5. The Hall–Kier alpha value is -6.78. The van der Waals surface area contributed by atoms with Crippen LogP contribution in [0.5, 0.6) is 0 Å². The molecule has 2 aliphatic rings. The predicted molar refractivity (Wildman–Crippen MR) is 225 cm³/mol. The van der Waals surface area contributed by atoms with E-state index in [2.05, 4.69) is 183 Å². The van der Waals surface area contributed by atoms with Crippen molar-refractivity contribution in [1.29, 1.82) is 0 Å². The van der Waals surface area contributed by atoms with Crippen molar-refractivity contribution < 1.29 is 0 Å². The van der Waals surface area contributed by atoms with Gasteiger partial charge in [-0.05, 0) is 97.2 Å². The van der Waals surface area contributed by atoms with E-state index < -0.39 is 0 Å². The molecule has 8 bridgehead atoms. The molecule has 0 atom stereocenters. The molecule has 3 aromatic heterocycles. The van der Waals surface area contributed by atoms with E-state index >= 15 is 0 Å². The number of nitrogens with one attached hydrogen (secondary N) is 2. The summed E-state index contributed by atoms with van der Waals surface area (Å²) in [6.45, 7) is 10.3. The number of nitrogens with zero attached hydrogens (tertiary/aromatic N) is 2. The molecule has 5 heterocycles. The number of H-pyrrole nitrogens is 2. The van der Waals surface area contributed by atoms with Crippen molar-refractivity contribution in [3.63, 3.8) is 0 Å². The zero-order valence-electron chi connectivity index (χ0n) is 30.0. The third-order valence-electron chi connectivity index (χ3n) is 10.2. The van der Waals surface area contributed by atoms with Gasteiger partial charge in [-0.15, -0.1) is 0 Å². The van der Waals surface area contributed by atoms with Gasteiger partial charge in [-0.1, -0.05) is 126 Å². The highest BCUT2D eigenvalue weighted by Gasteiger charge is 2.19. The summed E-state index contributed by atoms with van der Waals surface area (Å²) >= 11 is 0. The number of benzene rings is 4. The topological polar surface area (TPSA) is 57.4 Å². The highest BCUT2D eigenvalue weighted by atomic mass is 14.8. The standard InChI is InChI=1S/C49H38N4/c1-5-33-12-20-37(21-13-33)49-44-28-26-42(52-44)47(35-16-8-31(3)9-17-35)40-24-22-38(50-40)46(34-14-6-30(2)7-15-34)39-23-25-41(51-39)48(43-27-29-45(49)53-43)36-18-10-32(4)11-19-36/h5-29,52-53H,1H2,2-4H3. The van der Waals surface area contributed by atoms with Crippen LogP contribution in [-0.4, -0.2) is 19.9 Å². The summed E-state index contributed by atoms with van der Waals surface area (Å²) in [7, 11) is 0. The molecule has 9 rings (SSSR count). The van der Waals surface area contributed by atoms with Crippen molar-refractivity contribution in [3.05, 3.63) is 173 Å². The maximum Gasteiger partial charge on any atom is 0.0738 e. The largest absolute Gasteiger partial charge is 0.354 e. The first-order valence-electron chi connectivity index (χ1n) is 18.0. The molecule has 0 spiro atoms. The van der Waals surface area contributed by atoms with E-state index in [0.717, 1.165) is 94.9 Å². The molecule has 0 aliphatic carbocycles. The fourth-order valence-corrected chi connectivity index (χ4v) is 7.37. The smallest absolute Gasteiger partial charge is 0.0738 e. The molecule has 2 N–H and O–H groups in total. The Kier molecular flexibility index (Phi) is 7.93. The van der Waals surface area contributed by atoms with Gasteiger partial charge in [0.2, 0.25) is 0 Å². The van der Waals surface area contributed by atoms with Crippen LogP contribution in [0.2, 0.25) is 0 Å². The molecule has 0 fully saturated rings. The summed E-state index contributed by atoms with van der Waals surface area (Å²) in [5, 5.41) is 0. The maximum absolute atomic E-state index is 5.40. The Morgan fingerprint density at radius 2 is 0.679 bits per heavy atom. The summed E-state index contributed by atoms with van der Waals surface area (Å²) in [6.07, 6.45) is 10.4. The third-order valence-corrected chi connectivity index (χ3v) is 10.2. The van der Waals surface area contributed by atoms with Gasteiger partial charge in [0.25, 0.3) is 0 Å². The zero-order chi connectivity index (χ0) is 36.1. The fraction of sp³-hybridized carbons (Fsp3) is 0.0612. The van der Waals surface area contributed by atoms with Crippen LogP contribution in [0.3, 0.4) is 0 Å². The summed E-state index contributed by atoms with van der Waals surface area (Å²) in [5.41, 5.74) is 20.7. The van der Waals surface area contributed by atoms with Crippen LogP contribution >= 0.6 is 0 Å². The van der Waals surface area contributed by atoms with Crippen molar-refractivity contribution in [2.75, 3.05) is 0 Å². The lowest BCUT2D eigenvalue weighted by Gasteiger charge is -2.08. The van der Waals surface area contributed by atoms with Gasteiger partial charge >= 0.3 is 0 Å². The first-order valence-corrected chi connectivity index (χ1v) is 18.0. The molecule has 7 aromatic rings. The highest BCUT2D eigenvalue weighted by Crippen LogP contribution is 2.38. The summed E-state index contributed by atoms with van der Waals surface area (Å²) in [4.78, 5) is 18.5. The first kappa shape index (κ1) is 32.1. The number of hydrogen-bond acceptors (Lipinski definition) is 2. The van der Waals surface area contributed by atoms with Crippen molar-refractivity contribution >= 4 is 52.4 Å². The predicted octanol–water partition coefficient (Wildman–Crippen LogP) is 12.9. The van der Waals surface area contributed by atoms with E-state index in [1.807, 2.05) is 6.08 Å². The van der Waals surface area contributed by atoms with Crippen LogP contribution in [0.1, 0.15) is 45.0 Å². The quantitative estimate of drug-likeness (QED) is 0.190. The molecule has 0 saturated heterocycles. The Morgan fingerprint density at radius 3 is 1.06 bits per heavy atom. The van der Waals surface area contributed by atoms with Crippen LogP contribution in [0.25, 0.3) is 97.0 Å². The van der Waals surface area contributed by atoms with Crippen LogP contribution in [0, 0.1) is 20.8 Å². The van der Waals surface area contributed by atoms with Crippen molar-refractivity contribution in [2.45, 2.75) is 20.8 Å². The summed E-state index contributed by atoms with van der Waals surface area (Å²) in [6, 6.07) is 43.3. The SMILES string of the molecule is C=Cc1ccc(-c2c3ccc([nH]3)c(-c3ccc(C)cc3)c3nc(c(-c4ccc(C)cc4)c4nc(c(-c5ccc(C)cc5)c5ccc2[nH]5)C=C4)C=C3)cc1. The van der Waals surface area contributed by atoms with Gasteiger partial charge in [0.1, 0.15) is 0 Å². The molecule has 0 amide bonds. The Labute approximate surface area is 309 Å². The molecular formula is C49H38N4. The van der Waals surface area contributed by atoms with Crippen molar-refractivity contribution in [1.82, 2.24) is 19.9 Å². The lowest BCUT2D eigenvalue weighted by Crippen LogP contribution is -1.91. The second kappa shape index (κ2) is 13.1. The van der Waals surface area contributed by atoms with Crippen molar-refractivity contribution in [2.24, 2.45) is 0 Å². The number of fused-ring (bicyclic) bond motifs is 8. The minimum atomic E-state index is 0.880.